The Hall–Kier alpha value is -1.20. The van der Waals surface area contributed by atoms with Crippen LogP contribution in [0.15, 0.2) is 18.2 Å². The van der Waals surface area contributed by atoms with Crippen molar-refractivity contribution in [2.45, 2.75) is 37.6 Å². The maximum Gasteiger partial charge on any atom is 0.251 e. The van der Waals surface area contributed by atoms with Gasteiger partial charge in [0.2, 0.25) is 0 Å². The van der Waals surface area contributed by atoms with Gasteiger partial charge in [0.1, 0.15) is 0 Å². The quantitative estimate of drug-likeness (QED) is 0.902. The summed E-state index contributed by atoms with van der Waals surface area (Å²) in [5.41, 5.74) is 5.93. The van der Waals surface area contributed by atoms with E-state index < -0.39 is 17.5 Å². The molecule has 1 aromatic carbocycles. The Bertz CT molecular complexity index is 476. The van der Waals surface area contributed by atoms with Crippen molar-refractivity contribution >= 4 is 18.3 Å². The number of halogens is 3. The van der Waals surface area contributed by atoms with E-state index in [4.69, 9.17) is 5.73 Å². The molecule has 1 amide bonds. The molecular weight excluding hydrogens is 286 g/mol. The van der Waals surface area contributed by atoms with E-state index in [0.717, 1.165) is 37.8 Å². The third-order valence-corrected chi connectivity index (χ3v) is 3.63. The largest absolute Gasteiger partial charge is 0.350 e. The van der Waals surface area contributed by atoms with E-state index in [1.54, 1.807) is 0 Å². The highest BCUT2D eigenvalue weighted by molar-refractivity contribution is 5.94. The van der Waals surface area contributed by atoms with E-state index in [-0.39, 0.29) is 23.5 Å². The maximum atomic E-state index is 13.0. The van der Waals surface area contributed by atoms with Gasteiger partial charge in [-0.15, -0.1) is 12.4 Å². The Labute approximate surface area is 123 Å². The molecule has 1 saturated carbocycles. The smallest absolute Gasteiger partial charge is 0.251 e. The van der Waals surface area contributed by atoms with Crippen molar-refractivity contribution in [2.75, 3.05) is 6.54 Å². The minimum Gasteiger partial charge on any atom is -0.350 e. The molecule has 1 aliphatic rings. The molecule has 0 bridgehead atoms. The average Bonchev–Trinajstić information content (AvgIpc) is 2.40. The predicted octanol–water partition coefficient (Wildman–Crippen LogP) is 2.78. The van der Waals surface area contributed by atoms with Crippen molar-refractivity contribution in [2.24, 2.45) is 5.73 Å². The van der Waals surface area contributed by atoms with Crippen LogP contribution in [0.5, 0.6) is 0 Å². The lowest BCUT2D eigenvalue weighted by Crippen LogP contribution is -2.51. The molecule has 1 aliphatic carbocycles. The molecule has 0 aromatic heterocycles. The topological polar surface area (TPSA) is 55.1 Å². The van der Waals surface area contributed by atoms with Gasteiger partial charge in [0.25, 0.3) is 5.91 Å². The molecule has 0 spiro atoms. The summed E-state index contributed by atoms with van der Waals surface area (Å²) in [7, 11) is 0. The molecule has 0 atom stereocenters. The Morgan fingerprint density at radius 1 is 1.20 bits per heavy atom. The second-order valence-electron chi connectivity index (χ2n) is 5.23. The monoisotopic (exact) mass is 304 g/mol. The van der Waals surface area contributed by atoms with Crippen LogP contribution in [0.4, 0.5) is 8.78 Å². The number of hydrogen-bond donors (Lipinski definition) is 2. The number of nitrogens with one attached hydrogen (secondary N) is 1. The van der Waals surface area contributed by atoms with Gasteiger partial charge in [-0.2, -0.15) is 0 Å². The van der Waals surface area contributed by atoms with Crippen molar-refractivity contribution in [3.05, 3.63) is 35.4 Å². The SMILES string of the molecule is Cl.NC1(CNC(=O)c2ccc(F)c(F)c2)CCCCC1. The third-order valence-electron chi connectivity index (χ3n) is 3.63. The molecule has 20 heavy (non-hydrogen) atoms. The molecule has 6 heteroatoms. The molecule has 0 radical (unpaired) electrons. The molecule has 0 aliphatic heterocycles. The summed E-state index contributed by atoms with van der Waals surface area (Å²) in [5, 5.41) is 2.70. The van der Waals surface area contributed by atoms with Crippen molar-refractivity contribution in [3.8, 4) is 0 Å². The number of nitrogens with two attached hydrogens (primary N) is 1. The number of carbonyl (C=O) groups excluding carboxylic acids is 1. The van der Waals surface area contributed by atoms with Crippen LogP contribution >= 0.6 is 12.4 Å². The van der Waals surface area contributed by atoms with Crippen LogP contribution in [0.25, 0.3) is 0 Å². The highest BCUT2D eigenvalue weighted by atomic mass is 35.5. The summed E-state index contributed by atoms with van der Waals surface area (Å²) < 4.78 is 25.8. The van der Waals surface area contributed by atoms with Crippen LogP contribution in [0.1, 0.15) is 42.5 Å². The minimum atomic E-state index is -1.02. The lowest BCUT2D eigenvalue weighted by atomic mass is 9.82. The minimum absolute atomic E-state index is 0. The molecule has 0 unspecified atom stereocenters. The fourth-order valence-electron chi connectivity index (χ4n) is 2.43. The first-order valence-electron chi connectivity index (χ1n) is 6.52. The van der Waals surface area contributed by atoms with Gasteiger partial charge in [0.15, 0.2) is 11.6 Å². The lowest BCUT2D eigenvalue weighted by Gasteiger charge is -2.33. The second-order valence-corrected chi connectivity index (χ2v) is 5.23. The van der Waals surface area contributed by atoms with E-state index in [9.17, 15) is 13.6 Å². The summed E-state index contributed by atoms with van der Waals surface area (Å²) >= 11 is 0. The zero-order valence-corrected chi connectivity index (χ0v) is 11.9. The third kappa shape index (κ3) is 4.15. The van der Waals surface area contributed by atoms with E-state index in [0.29, 0.717) is 6.54 Å². The van der Waals surface area contributed by atoms with Gasteiger partial charge in [0.05, 0.1) is 0 Å². The number of hydrogen-bond acceptors (Lipinski definition) is 2. The van der Waals surface area contributed by atoms with Crippen LogP contribution in [-0.2, 0) is 0 Å². The average molecular weight is 305 g/mol. The van der Waals surface area contributed by atoms with Gasteiger partial charge in [-0.3, -0.25) is 4.79 Å². The first-order valence-corrected chi connectivity index (χ1v) is 6.52. The fourth-order valence-corrected chi connectivity index (χ4v) is 2.43. The second kappa shape index (κ2) is 6.99. The molecule has 2 rings (SSSR count). The number of benzene rings is 1. The standard InChI is InChI=1S/C14H18F2N2O.ClH/c15-11-5-4-10(8-12(11)16)13(19)18-9-14(17)6-2-1-3-7-14;/h4-5,8H,1-3,6-7,9,17H2,(H,18,19);1H. The summed E-state index contributed by atoms with van der Waals surface area (Å²) in [6.07, 6.45) is 5.07. The first-order chi connectivity index (χ1) is 9.00. The Morgan fingerprint density at radius 3 is 2.45 bits per heavy atom. The summed E-state index contributed by atoms with van der Waals surface area (Å²) in [6.45, 7) is 0.366. The molecule has 1 aromatic rings. The van der Waals surface area contributed by atoms with Crippen LogP contribution in [0.3, 0.4) is 0 Å². The van der Waals surface area contributed by atoms with Gasteiger partial charge >= 0.3 is 0 Å². The van der Waals surface area contributed by atoms with E-state index in [1.165, 1.54) is 12.5 Å². The van der Waals surface area contributed by atoms with Crippen LogP contribution in [-0.4, -0.2) is 18.0 Å². The van der Waals surface area contributed by atoms with E-state index in [2.05, 4.69) is 5.32 Å². The summed E-state index contributed by atoms with van der Waals surface area (Å²) in [6, 6.07) is 3.11. The molecule has 0 saturated heterocycles. The summed E-state index contributed by atoms with van der Waals surface area (Å²) in [5.74, 6) is -2.40. The zero-order valence-electron chi connectivity index (χ0n) is 11.1. The molecule has 112 valence electrons. The Morgan fingerprint density at radius 2 is 1.85 bits per heavy atom. The lowest BCUT2D eigenvalue weighted by molar-refractivity contribution is 0.0937. The molecular formula is C14H19ClF2N2O. The highest BCUT2D eigenvalue weighted by Gasteiger charge is 2.27. The summed E-state index contributed by atoms with van der Waals surface area (Å²) in [4.78, 5) is 11.8. The molecule has 0 heterocycles. The van der Waals surface area contributed by atoms with Gasteiger partial charge in [-0.05, 0) is 31.0 Å². The van der Waals surface area contributed by atoms with Crippen LogP contribution in [0, 0.1) is 11.6 Å². The molecule has 1 fully saturated rings. The van der Waals surface area contributed by atoms with Crippen molar-refractivity contribution in [3.63, 3.8) is 0 Å². The highest BCUT2D eigenvalue weighted by Crippen LogP contribution is 2.25. The van der Waals surface area contributed by atoms with E-state index >= 15 is 0 Å². The van der Waals surface area contributed by atoms with Gasteiger partial charge in [0, 0.05) is 17.6 Å². The number of amides is 1. The number of rotatable bonds is 3. The zero-order chi connectivity index (χ0) is 13.9. The normalized spacial score (nSPS) is 17.1. The van der Waals surface area contributed by atoms with Crippen molar-refractivity contribution < 1.29 is 13.6 Å². The van der Waals surface area contributed by atoms with E-state index in [1.807, 2.05) is 0 Å². The van der Waals surface area contributed by atoms with Gasteiger partial charge in [-0.25, -0.2) is 8.78 Å². The van der Waals surface area contributed by atoms with Crippen molar-refractivity contribution in [1.82, 2.24) is 5.32 Å². The predicted molar refractivity (Wildman–Crippen MR) is 75.9 cm³/mol. The van der Waals surface area contributed by atoms with Crippen molar-refractivity contribution in [1.29, 1.82) is 0 Å². The first kappa shape index (κ1) is 16.9. The van der Waals surface area contributed by atoms with Crippen LogP contribution in [0.2, 0.25) is 0 Å². The molecule has 3 nitrogen and oxygen atoms in total. The van der Waals surface area contributed by atoms with Gasteiger partial charge < -0.3 is 11.1 Å². The Kier molecular flexibility index (Phi) is 5.89. The fraction of sp³-hybridized carbons (Fsp3) is 0.500. The van der Waals surface area contributed by atoms with Crippen LogP contribution < -0.4 is 11.1 Å². The Balaban J connectivity index is 0.00000200. The number of carbonyl (C=O) groups is 1. The maximum absolute atomic E-state index is 13.0. The molecule has 3 N–H and O–H groups in total. The van der Waals surface area contributed by atoms with Gasteiger partial charge in [-0.1, -0.05) is 19.3 Å².